The maximum Gasteiger partial charge on any atom is 0.211 e. The predicted octanol–water partition coefficient (Wildman–Crippen LogP) is 2.80. The zero-order valence-corrected chi connectivity index (χ0v) is 19.3. The van der Waals surface area contributed by atoms with E-state index < -0.39 is 10.0 Å². The zero-order chi connectivity index (χ0) is 21.6. The molecule has 8 heteroatoms. The van der Waals surface area contributed by atoms with Crippen molar-refractivity contribution >= 4 is 16.0 Å². The van der Waals surface area contributed by atoms with Crippen molar-refractivity contribution < 1.29 is 13.2 Å². The molecule has 1 heterocycles. The van der Waals surface area contributed by atoms with Crippen molar-refractivity contribution in [2.45, 2.75) is 71.1 Å². The van der Waals surface area contributed by atoms with Gasteiger partial charge in [0.2, 0.25) is 10.0 Å². The van der Waals surface area contributed by atoms with Gasteiger partial charge in [-0.2, -0.15) is 4.31 Å². The fraction of sp³-hybridized carbons (Fsp3) is 0.682. The van der Waals surface area contributed by atoms with Crippen molar-refractivity contribution in [1.29, 1.82) is 0 Å². The maximum atomic E-state index is 12.0. The largest absolute Gasteiger partial charge is 0.490 e. The van der Waals surface area contributed by atoms with E-state index in [1.807, 2.05) is 6.92 Å². The Kier molecular flexibility index (Phi) is 7.99. The highest BCUT2D eigenvalue weighted by atomic mass is 32.2. The number of sulfonamides is 1. The van der Waals surface area contributed by atoms with E-state index in [2.05, 4.69) is 35.8 Å². The second-order valence-corrected chi connectivity index (χ2v) is 10.3. The van der Waals surface area contributed by atoms with E-state index in [0.717, 1.165) is 43.5 Å². The SMILES string of the molecule is CCNC(=NCc1ccc(C)cc1OC1CCCC1)NC[C@H]1CCCN1S(C)(=O)=O. The number of hydrogen-bond acceptors (Lipinski definition) is 4. The van der Waals surface area contributed by atoms with E-state index in [4.69, 9.17) is 9.73 Å². The summed E-state index contributed by atoms with van der Waals surface area (Å²) in [6.07, 6.45) is 8.10. The van der Waals surface area contributed by atoms with Gasteiger partial charge in [-0.25, -0.2) is 13.4 Å². The summed E-state index contributed by atoms with van der Waals surface area (Å²) in [5, 5.41) is 6.60. The molecule has 1 aromatic rings. The fourth-order valence-electron chi connectivity index (χ4n) is 4.26. The third-order valence-corrected chi connectivity index (χ3v) is 7.16. The molecule has 2 N–H and O–H groups in total. The lowest BCUT2D eigenvalue weighted by Gasteiger charge is -2.23. The van der Waals surface area contributed by atoms with Crippen molar-refractivity contribution in [1.82, 2.24) is 14.9 Å². The lowest BCUT2D eigenvalue weighted by Crippen LogP contribution is -2.46. The molecule has 3 rings (SSSR count). The molecule has 0 bridgehead atoms. The molecular weight excluding hydrogens is 400 g/mol. The molecule has 30 heavy (non-hydrogen) atoms. The number of nitrogens with one attached hydrogen (secondary N) is 2. The van der Waals surface area contributed by atoms with Gasteiger partial charge in [-0.1, -0.05) is 12.1 Å². The summed E-state index contributed by atoms with van der Waals surface area (Å²) in [4.78, 5) is 4.74. The summed E-state index contributed by atoms with van der Waals surface area (Å²) in [6.45, 7) is 6.51. The summed E-state index contributed by atoms with van der Waals surface area (Å²) < 4.78 is 31.8. The van der Waals surface area contributed by atoms with Crippen molar-refractivity contribution in [2.75, 3.05) is 25.9 Å². The van der Waals surface area contributed by atoms with Crippen molar-refractivity contribution in [3.8, 4) is 5.75 Å². The fourth-order valence-corrected chi connectivity index (χ4v) is 5.44. The molecule has 7 nitrogen and oxygen atoms in total. The highest BCUT2D eigenvalue weighted by Gasteiger charge is 2.31. The lowest BCUT2D eigenvalue weighted by atomic mass is 10.1. The molecule has 0 radical (unpaired) electrons. The van der Waals surface area contributed by atoms with Gasteiger partial charge in [-0.3, -0.25) is 0 Å². The molecule has 1 aliphatic carbocycles. The molecule has 1 saturated heterocycles. The Morgan fingerprint density at radius 3 is 2.67 bits per heavy atom. The van der Waals surface area contributed by atoms with Gasteiger partial charge < -0.3 is 15.4 Å². The number of guanidine groups is 1. The minimum atomic E-state index is -3.17. The Morgan fingerprint density at radius 2 is 1.97 bits per heavy atom. The van der Waals surface area contributed by atoms with Gasteiger partial charge in [0, 0.05) is 31.2 Å². The number of aliphatic imine (C=N–C) groups is 1. The van der Waals surface area contributed by atoms with E-state index in [0.29, 0.717) is 31.7 Å². The molecule has 0 spiro atoms. The molecule has 1 aliphatic heterocycles. The molecule has 2 fully saturated rings. The first-order chi connectivity index (χ1) is 14.4. The molecule has 0 amide bonds. The van der Waals surface area contributed by atoms with Gasteiger partial charge in [0.25, 0.3) is 0 Å². The van der Waals surface area contributed by atoms with Gasteiger partial charge in [-0.15, -0.1) is 0 Å². The number of ether oxygens (including phenoxy) is 1. The second-order valence-electron chi connectivity index (χ2n) is 8.38. The highest BCUT2D eigenvalue weighted by Crippen LogP contribution is 2.28. The van der Waals surface area contributed by atoms with Crippen LogP contribution in [0.1, 0.15) is 56.6 Å². The number of benzene rings is 1. The van der Waals surface area contributed by atoms with Crippen molar-refractivity contribution in [3.63, 3.8) is 0 Å². The first-order valence-electron chi connectivity index (χ1n) is 11.1. The molecular formula is C22H36N4O3S. The van der Waals surface area contributed by atoms with Crippen molar-refractivity contribution in [3.05, 3.63) is 29.3 Å². The summed E-state index contributed by atoms with van der Waals surface area (Å²) >= 11 is 0. The van der Waals surface area contributed by atoms with E-state index in [1.165, 1.54) is 24.7 Å². The van der Waals surface area contributed by atoms with Gasteiger partial charge >= 0.3 is 0 Å². The highest BCUT2D eigenvalue weighted by molar-refractivity contribution is 7.88. The molecule has 1 saturated carbocycles. The van der Waals surface area contributed by atoms with E-state index >= 15 is 0 Å². The first kappa shape index (κ1) is 22.9. The topological polar surface area (TPSA) is 83.0 Å². The van der Waals surface area contributed by atoms with Crippen LogP contribution in [0.15, 0.2) is 23.2 Å². The van der Waals surface area contributed by atoms with Gasteiger partial charge in [0.1, 0.15) is 5.75 Å². The summed E-state index contributed by atoms with van der Waals surface area (Å²) in [5.41, 5.74) is 2.26. The van der Waals surface area contributed by atoms with E-state index in [-0.39, 0.29) is 6.04 Å². The van der Waals surface area contributed by atoms with Gasteiger partial charge in [0.15, 0.2) is 5.96 Å². The van der Waals surface area contributed by atoms with Gasteiger partial charge in [0.05, 0.1) is 18.9 Å². The zero-order valence-electron chi connectivity index (χ0n) is 18.5. The Labute approximate surface area is 181 Å². The third kappa shape index (κ3) is 6.35. The van der Waals surface area contributed by atoms with Crippen LogP contribution < -0.4 is 15.4 Å². The van der Waals surface area contributed by atoms with Crippen LogP contribution in [-0.2, 0) is 16.6 Å². The van der Waals surface area contributed by atoms with Crippen LogP contribution in [0.4, 0.5) is 0 Å². The van der Waals surface area contributed by atoms with Crippen LogP contribution in [0, 0.1) is 6.92 Å². The van der Waals surface area contributed by atoms with E-state index in [1.54, 1.807) is 4.31 Å². The Morgan fingerprint density at radius 1 is 1.20 bits per heavy atom. The minimum absolute atomic E-state index is 0.0236. The smallest absolute Gasteiger partial charge is 0.211 e. The van der Waals surface area contributed by atoms with Crippen LogP contribution in [0.25, 0.3) is 0 Å². The van der Waals surface area contributed by atoms with Crippen LogP contribution in [0.5, 0.6) is 5.75 Å². The number of aryl methyl sites for hydroxylation is 1. The van der Waals surface area contributed by atoms with Crippen LogP contribution >= 0.6 is 0 Å². The summed E-state index contributed by atoms with van der Waals surface area (Å²) in [5.74, 6) is 1.63. The Bertz CT molecular complexity index is 835. The average Bonchev–Trinajstić information content (AvgIpc) is 3.36. The third-order valence-electron chi connectivity index (χ3n) is 5.82. The van der Waals surface area contributed by atoms with Gasteiger partial charge in [-0.05, 0) is 64.0 Å². The lowest BCUT2D eigenvalue weighted by molar-refractivity contribution is 0.208. The average molecular weight is 437 g/mol. The molecule has 1 atom stereocenters. The number of hydrogen-bond donors (Lipinski definition) is 2. The van der Waals surface area contributed by atoms with Crippen LogP contribution in [-0.4, -0.2) is 56.7 Å². The van der Waals surface area contributed by atoms with E-state index in [9.17, 15) is 8.42 Å². The quantitative estimate of drug-likeness (QED) is 0.484. The second kappa shape index (κ2) is 10.5. The minimum Gasteiger partial charge on any atom is -0.490 e. The molecule has 0 unspecified atom stereocenters. The first-order valence-corrected chi connectivity index (χ1v) is 13.0. The normalized spacial score (nSPS) is 21.2. The monoisotopic (exact) mass is 436 g/mol. The summed E-state index contributed by atoms with van der Waals surface area (Å²) in [6, 6.07) is 6.26. The number of rotatable bonds is 8. The molecule has 168 valence electrons. The van der Waals surface area contributed by atoms with Crippen LogP contribution in [0.2, 0.25) is 0 Å². The predicted molar refractivity (Wildman–Crippen MR) is 121 cm³/mol. The number of nitrogens with zero attached hydrogens (tertiary/aromatic N) is 2. The molecule has 0 aromatic heterocycles. The Hall–Kier alpha value is -1.80. The molecule has 1 aromatic carbocycles. The molecule has 2 aliphatic rings. The Balaban J connectivity index is 1.65. The maximum absolute atomic E-state index is 12.0. The summed E-state index contributed by atoms with van der Waals surface area (Å²) in [7, 11) is -3.17. The van der Waals surface area contributed by atoms with Crippen molar-refractivity contribution in [2.24, 2.45) is 4.99 Å². The standard InChI is InChI=1S/C22H36N4O3S/c1-4-23-22(25-16-19-8-7-13-26(19)30(3,27)28)24-15-18-12-11-17(2)14-21(18)29-20-9-5-6-10-20/h11-12,14,19-20H,4-10,13,15-16H2,1-3H3,(H2,23,24,25)/t19-/m1/s1. The van der Waals surface area contributed by atoms with Crippen LogP contribution in [0.3, 0.4) is 0 Å².